The molecule has 1 amide bonds. The number of amides is 1. The van der Waals surface area contributed by atoms with Gasteiger partial charge in [0.15, 0.2) is 0 Å². The Morgan fingerprint density at radius 1 is 1.61 bits per heavy atom. The van der Waals surface area contributed by atoms with Crippen LogP contribution in [0.4, 0.5) is 0 Å². The van der Waals surface area contributed by atoms with Gasteiger partial charge < -0.3 is 11.1 Å². The van der Waals surface area contributed by atoms with Crippen LogP contribution in [-0.2, 0) is 6.54 Å². The normalized spacial score (nSPS) is 22.9. The zero-order chi connectivity index (χ0) is 13.2. The lowest BCUT2D eigenvalue weighted by molar-refractivity contribution is 0.100. The quantitative estimate of drug-likeness (QED) is 0.880. The second-order valence-electron chi connectivity index (χ2n) is 6.00. The number of rotatable bonds is 4. The first-order valence-electron chi connectivity index (χ1n) is 6.57. The minimum atomic E-state index is -0.337. The van der Waals surface area contributed by atoms with Gasteiger partial charge in [-0.3, -0.25) is 4.79 Å². The smallest absolute Gasteiger partial charge is 0.249 e. The zero-order valence-corrected chi connectivity index (χ0v) is 12.0. The molecule has 0 radical (unpaired) electrons. The Labute approximate surface area is 113 Å². The fourth-order valence-electron chi connectivity index (χ4n) is 2.72. The Kier molecular flexibility index (Phi) is 4.07. The van der Waals surface area contributed by atoms with E-state index in [1.807, 2.05) is 11.4 Å². The Morgan fingerprint density at radius 3 is 3.00 bits per heavy atom. The number of hydrogen-bond acceptors (Lipinski definition) is 3. The molecule has 0 aliphatic heterocycles. The van der Waals surface area contributed by atoms with Crippen LogP contribution in [0.1, 0.15) is 54.8 Å². The second kappa shape index (κ2) is 5.41. The van der Waals surface area contributed by atoms with Gasteiger partial charge in [-0.15, -0.1) is 11.3 Å². The maximum absolute atomic E-state index is 11.0. The highest BCUT2D eigenvalue weighted by Crippen LogP contribution is 2.35. The third-order valence-electron chi connectivity index (χ3n) is 3.71. The summed E-state index contributed by atoms with van der Waals surface area (Å²) in [5.41, 5.74) is 6.34. The molecule has 0 spiro atoms. The molecule has 0 bridgehead atoms. The standard InChI is InChI=1S/C14H22N2OS/c1-14(2)5-3-4-11(7-14)16-8-12-6-10(9-18-12)13(15)17/h6,9,11,16H,3-5,7-8H2,1-2H3,(H2,15,17). The SMILES string of the molecule is CC1(C)CCCC(NCc2cc(C(N)=O)cs2)C1. The van der Waals surface area contributed by atoms with Gasteiger partial charge in [-0.25, -0.2) is 0 Å². The highest BCUT2D eigenvalue weighted by atomic mass is 32.1. The van der Waals surface area contributed by atoms with Gasteiger partial charge in [0.1, 0.15) is 0 Å². The topological polar surface area (TPSA) is 55.1 Å². The summed E-state index contributed by atoms with van der Waals surface area (Å²) >= 11 is 1.60. The number of carbonyl (C=O) groups is 1. The maximum atomic E-state index is 11.0. The number of hydrogen-bond donors (Lipinski definition) is 2. The number of primary amides is 1. The molecular formula is C14H22N2OS. The van der Waals surface area contributed by atoms with Crippen LogP contribution in [0.15, 0.2) is 11.4 Å². The van der Waals surface area contributed by atoms with E-state index in [9.17, 15) is 4.79 Å². The van der Waals surface area contributed by atoms with E-state index in [0.29, 0.717) is 17.0 Å². The van der Waals surface area contributed by atoms with Crippen molar-refractivity contribution in [3.8, 4) is 0 Å². The van der Waals surface area contributed by atoms with Crippen LogP contribution in [0.2, 0.25) is 0 Å². The summed E-state index contributed by atoms with van der Waals surface area (Å²) in [4.78, 5) is 12.2. The van der Waals surface area contributed by atoms with Crippen molar-refractivity contribution in [3.63, 3.8) is 0 Å². The van der Waals surface area contributed by atoms with Gasteiger partial charge in [-0.05, 0) is 30.7 Å². The fourth-order valence-corrected chi connectivity index (χ4v) is 3.54. The molecule has 3 nitrogen and oxygen atoms in total. The molecule has 1 unspecified atom stereocenters. The average Bonchev–Trinajstić information content (AvgIpc) is 2.74. The van der Waals surface area contributed by atoms with Crippen molar-refractivity contribution in [2.75, 3.05) is 0 Å². The van der Waals surface area contributed by atoms with E-state index in [1.54, 1.807) is 11.3 Å². The summed E-state index contributed by atoms with van der Waals surface area (Å²) in [5.74, 6) is -0.337. The van der Waals surface area contributed by atoms with Crippen molar-refractivity contribution in [1.82, 2.24) is 5.32 Å². The van der Waals surface area contributed by atoms with E-state index < -0.39 is 0 Å². The van der Waals surface area contributed by atoms with Crippen LogP contribution < -0.4 is 11.1 Å². The summed E-state index contributed by atoms with van der Waals surface area (Å²) in [5, 5.41) is 5.44. The third kappa shape index (κ3) is 3.56. The lowest BCUT2D eigenvalue weighted by Gasteiger charge is -2.35. The summed E-state index contributed by atoms with van der Waals surface area (Å²) in [7, 11) is 0. The lowest BCUT2D eigenvalue weighted by Crippen LogP contribution is -2.36. The Hall–Kier alpha value is -0.870. The molecule has 1 atom stereocenters. The third-order valence-corrected chi connectivity index (χ3v) is 4.65. The molecule has 100 valence electrons. The molecule has 1 saturated carbocycles. The van der Waals surface area contributed by atoms with Gasteiger partial charge in [-0.2, -0.15) is 0 Å². The first-order valence-corrected chi connectivity index (χ1v) is 7.45. The fraction of sp³-hybridized carbons (Fsp3) is 0.643. The molecule has 18 heavy (non-hydrogen) atoms. The molecule has 1 aliphatic rings. The number of nitrogens with one attached hydrogen (secondary N) is 1. The van der Waals surface area contributed by atoms with Crippen LogP contribution >= 0.6 is 11.3 Å². The molecule has 1 heterocycles. The van der Waals surface area contributed by atoms with Gasteiger partial charge >= 0.3 is 0 Å². The molecule has 1 aromatic rings. The van der Waals surface area contributed by atoms with E-state index in [-0.39, 0.29) is 5.91 Å². The van der Waals surface area contributed by atoms with Gasteiger partial charge in [0, 0.05) is 22.8 Å². The maximum Gasteiger partial charge on any atom is 0.249 e. The number of nitrogens with two attached hydrogens (primary N) is 1. The van der Waals surface area contributed by atoms with Crippen LogP contribution in [0.25, 0.3) is 0 Å². The van der Waals surface area contributed by atoms with Crippen LogP contribution in [0.5, 0.6) is 0 Å². The van der Waals surface area contributed by atoms with E-state index in [0.717, 1.165) is 6.54 Å². The van der Waals surface area contributed by atoms with E-state index in [4.69, 9.17) is 5.73 Å². The predicted molar refractivity (Wildman–Crippen MR) is 75.7 cm³/mol. The van der Waals surface area contributed by atoms with Crippen molar-refractivity contribution in [1.29, 1.82) is 0 Å². The van der Waals surface area contributed by atoms with Crippen LogP contribution in [0, 0.1) is 5.41 Å². The Bertz CT molecular complexity index is 425. The molecule has 2 rings (SSSR count). The summed E-state index contributed by atoms with van der Waals surface area (Å²) < 4.78 is 0. The minimum absolute atomic E-state index is 0.337. The first kappa shape index (κ1) is 13.6. The number of carbonyl (C=O) groups excluding carboxylic acids is 1. The second-order valence-corrected chi connectivity index (χ2v) is 7.00. The van der Waals surface area contributed by atoms with Crippen molar-refractivity contribution in [3.05, 3.63) is 21.9 Å². The van der Waals surface area contributed by atoms with Gasteiger partial charge in [0.2, 0.25) is 5.91 Å². The lowest BCUT2D eigenvalue weighted by atomic mass is 9.75. The summed E-state index contributed by atoms with van der Waals surface area (Å²) in [6, 6.07) is 2.50. The Morgan fingerprint density at radius 2 is 2.39 bits per heavy atom. The summed E-state index contributed by atoms with van der Waals surface area (Å²) in [6.07, 6.45) is 5.14. The molecule has 1 aliphatic carbocycles. The van der Waals surface area contributed by atoms with E-state index in [2.05, 4.69) is 19.2 Å². The molecule has 0 saturated heterocycles. The van der Waals surface area contributed by atoms with Crippen molar-refractivity contribution >= 4 is 17.2 Å². The number of thiophene rings is 1. The molecular weight excluding hydrogens is 244 g/mol. The molecule has 4 heteroatoms. The molecule has 1 fully saturated rings. The largest absolute Gasteiger partial charge is 0.366 e. The van der Waals surface area contributed by atoms with E-state index >= 15 is 0 Å². The van der Waals surface area contributed by atoms with Crippen LogP contribution in [-0.4, -0.2) is 11.9 Å². The zero-order valence-electron chi connectivity index (χ0n) is 11.2. The van der Waals surface area contributed by atoms with Crippen LogP contribution in [0.3, 0.4) is 0 Å². The van der Waals surface area contributed by atoms with Crippen molar-refractivity contribution in [2.45, 2.75) is 52.1 Å². The predicted octanol–water partition coefficient (Wildman–Crippen LogP) is 2.91. The Balaban J connectivity index is 1.85. The summed E-state index contributed by atoms with van der Waals surface area (Å²) in [6.45, 7) is 5.53. The highest BCUT2D eigenvalue weighted by molar-refractivity contribution is 7.10. The van der Waals surface area contributed by atoms with Gasteiger partial charge in [0.05, 0.1) is 5.56 Å². The van der Waals surface area contributed by atoms with Crippen molar-refractivity contribution < 1.29 is 4.79 Å². The van der Waals surface area contributed by atoms with Gasteiger partial charge in [-0.1, -0.05) is 20.3 Å². The molecule has 3 N–H and O–H groups in total. The van der Waals surface area contributed by atoms with Gasteiger partial charge in [0.25, 0.3) is 0 Å². The highest BCUT2D eigenvalue weighted by Gasteiger charge is 2.27. The van der Waals surface area contributed by atoms with E-state index in [1.165, 1.54) is 30.6 Å². The minimum Gasteiger partial charge on any atom is -0.366 e. The molecule has 0 aromatic carbocycles. The first-order chi connectivity index (χ1) is 8.46. The average molecular weight is 266 g/mol. The monoisotopic (exact) mass is 266 g/mol. The molecule has 1 aromatic heterocycles. The van der Waals surface area contributed by atoms with Crippen molar-refractivity contribution in [2.24, 2.45) is 11.1 Å².